The van der Waals surface area contributed by atoms with Crippen LogP contribution < -0.4 is 10.6 Å². The molecule has 1 aliphatic carbocycles. The van der Waals surface area contributed by atoms with Gasteiger partial charge < -0.3 is 15.7 Å². The smallest absolute Gasteiger partial charge is 0.308 e. The molecule has 0 saturated heterocycles. The predicted octanol–water partition coefficient (Wildman–Crippen LogP) is 4.46. The topological polar surface area (TPSA) is 116 Å². The Morgan fingerprint density at radius 2 is 2.07 bits per heavy atom. The maximum Gasteiger partial charge on any atom is 0.308 e. The number of nitrogens with zero attached hydrogens (tertiary/aromatic N) is 3. The molecule has 150 valence electrons. The second kappa shape index (κ2) is 8.20. The van der Waals surface area contributed by atoms with Crippen LogP contribution in [-0.2, 0) is 4.79 Å². The van der Waals surface area contributed by atoms with E-state index in [-0.39, 0.29) is 0 Å². The van der Waals surface area contributed by atoms with Gasteiger partial charge >= 0.3 is 5.97 Å². The van der Waals surface area contributed by atoms with E-state index >= 15 is 0 Å². The number of benzene rings is 1. The Kier molecular flexibility index (Phi) is 5.48. The van der Waals surface area contributed by atoms with Crippen LogP contribution in [0, 0.1) is 5.92 Å². The van der Waals surface area contributed by atoms with E-state index in [1.165, 1.54) is 12.8 Å². The van der Waals surface area contributed by atoms with Gasteiger partial charge in [0.25, 0.3) is 0 Å². The van der Waals surface area contributed by atoms with Crippen molar-refractivity contribution >= 4 is 39.5 Å². The van der Waals surface area contributed by atoms with Crippen molar-refractivity contribution in [3.63, 3.8) is 0 Å². The number of hydrogen-bond acceptors (Lipinski definition) is 6. The Labute approximate surface area is 176 Å². The first-order valence-electron chi connectivity index (χ1n) is 9.40. The van der Waals surface area contributed by atoms with Gasteiger partial charge in [-0.25, -0.2) is 4.98 Å². The van der Waals surface area contributed by atoms with Crippen LogP contribution in [0.25, 0.3) is 0 Å². The van der Waals surface area contributed by atoms with Crippen molar-refractivity contribution in [3.05, 3.63) is 58.3 Å². The van der Waals surface area contributed by atoms with Crippen molar-refractivity contribution < 1.29 is 9.90 Å². The molecule has 1 aliphatic rings. The Morgan fingerprint density at radius 1 is 1.31 bits per heavy atom. The number of aliphatic carboxylic acids is 1. The number of hydrogen-bond donors (Lipinski definition) is 4. The molecule has 3 aromatic rings. The van der Waals surface area contributed by atoms with Crippen LogP contribution in [0.4, 0.5) is 17.6 Å². The summed E-state index contributed by atoms with van der Waals surface area (Å²) in [7, 11) is 0. The van der Waals surface area contributed by atoms with Crippen LogP contribution in [0.5, 0.6) is 0 Å². The third-order valence-corrected chi connectivity index (χ3v) is 5.52. The average molecular weight is 457 g/mol. The lowest BCUT2D eigenvalue weighted by Gasteiger charge is -2.23. The zero-order chi connectivity index (χ0) is 20.4. The van der Waals surface area contributed by atoms with Gasteiger partial charge in [0.05, 0.1) is 16.4 Å². The van der Waals surface area contributed by atoms with E-state index in [9.17, 15) is 9.90 Å². The summed E-state index contributed by atoms with van der Waals surface area (Å²) in [5, 5.41) is 23.2. The second-order valence-electron chi connectivity index (χ2n) is 7.16. The van der Waals surface area contributed by atoms with Crippen molar-refractivity contribution in [2.24, 2.45) is 5.92 Å². The van der Waals surface area contributed by atoms with Crippen molar-refractivity contribution in [1.82, 2.24) is 20.2 Å². The Balaban J connectivity index is 1.56. The SMILES string of the molecule is CC(C(=O)O)C(Nc1ncc(Br)c(Nc2cc(C3CC3)[nH]n2)n1)c1ccccc1. The lowest BCUT2D eigenvalue weighted by atomic mass is 9.95. The fraction of sp³-hybridized carbons (Fsp3) is 0.300. The molecule has 0 amide bonds. The summed E-state index contributed by atoms with van der Waals surface area (Å²) >= 11 is 3.45. The number of nitrogens with one attached hydrogen (secondary N) is 3. The number of carbonyl (C=O) groups is 1. The van der Waals surface area contributed by atoms with Gasteiger partial charge in [0, 0.05) is 23.9 Å². The molecule has 8 nitrogen and oxygen atoms in total. The van der Waals surface area contributed by atoms with Crippen molar-refractivity contribution in [1.29, 1.82) is 0 Å². The molecule has 1 saturated carbocycles. The number of aromatic amines is 1. The largest absolute Gasteiger partial charge is 0.481 e. The molecule has 0 bridgehead atoms. The maximum absolute atomic E-state index is 11.6. The number of carboxylic acids is 1. The van der Waals surface area contributed by atoms with E-state index < -0.39 is 17.9 Å². The van der Waals surface area contributed by atoms with E-state index in [4.69, 9.17) is 0 Å². The van der Waals surface area contributed by atoms with Gasteiger partial charge in [0.2, 0.25) is 5.95 Å². The molecule has 1 fully saturated rings. The summed E-state index contributed by atoms with van der Waals surface area (Å²) in [6, 6.07) is 10.9. The molecule has 4 N–H and O–H groups in total. The number of rotatable bonds is 8. The average Bonchev–Trinajstić information content (AvgIpc) is 3.47. The molecule has 2 atom stereocenters. The molecule has 0 spiro atoms. The van der Waals surface area contributed by atoms with E-state index in [0.29, 0.717) is 28.0 Å². The second-order valence-corrected chi connectivity index (χ2v) is 8.01. The van der Waals surface area contributed by atoms with Gasteiger partial charge in [-0.15, -0.1) is 0 Å². The van der Waals surface area contributed by atoms with Crippen LogP contribution in [0.2, 0.25) is 0 Å². The van der Waals surface area contributed by atoms with Gasteiger partial charge in [0.1, 0.15) is 0 Å². The first-order chi connectivity index (χ1) is 14.0. The molecule has 4 rings (SSSR count). The fourth-order valence-corrected chi connectivity index (χ4v) is 3.38. The van der Waals surface area contributed by atoms with Gasteiger partial charge in [-0.2, -0.15) is 10.1 Å². The predicted molar refractivity (Wildman–Crippen MR) is 113 cm³/mol. The third-order valence-electron chi connectivity index (χ3n) is 4.94. The van der Waals surface area contributed by atoms with Crippen molar-refractivity contribution in [2.45, 2.75) is 31.7 Å². The quantitative estimate of drug-likeness (QED) is 0.395. The number of aromatic nitrogens is 4. The van der Waals surface area contributed by atoms with Gasteiger partial charge in [-0.3, -0.25) is 9.89 Å². The first-order valence-corrected chi connectivity index (χ1v) is 10.2. The Bertz CT molecular complexity index is 1010. The lowest BCUT2D eigenvalue weighted by molar-refractivity contribution is -0.141. The highest BCUT2D eigenvalue weighted by Crippen LogP contribution is 2.40. The molecule has 1 aromatic carbocycles. The number of anilines is 3. The van der Waals surface area contributed by atoms with E-state index in [1.807, 2.05) is 36.4 Å². The lowest BCUT2D eigenvalue weighted by Crippen LogP contribution is -2.26. The normalized spacial score (nSPS) is 15.5. The monoisotopic (exact) mass is 456 g/mol. The van der Waals surface area contributed by atoms with Crippen LogP contribution in [0.1, 0.15) is 43.0 Å². The summed E-state index contributed by atoms with van der Waals surface area (Å²) in [4.78, 5) is 20.4. The zero-order valence-corrected chi connectivity index (χ0v) is 17.3. The highest BCUT2D eigenvalue weighted by molar-refractivity contribution is 9.10. The van der Waals surface area contributed by atoms with Crippen LogP contribution in [0.15, 0.2) is 47.1 Å². The maximum atomic E-state index is 11.6. The van der Waals surface area contributed by atoms with Gasteiger partial charge in [-0.1, -0.05) is 30.3 Å². The third kappa shape index (κ3) is 4.56. The highest BCUT2D eigenvalue weighted by atomic mass is 79.9. The van der Waals surface area contributed by atoms with E-state index in [0.717, 1.165) is 11.3 Å². The fourth-order valence-electron chi connectivity index (χ4n) is 3.09. The molecule has 2 unspecified atom stereocenters. The van der Waals surface area contributed by atoms with E-state index in [1.54, 1.807) is 13.1 Å². The number of H-pyrrole nitrogens is 1. The number of halogens is 1. The van der Waals surface area contributed by atoms with Crippen LogP contribution >= 0.6 is 15.9 Å². The Morgan fingerprint density at radius 3 is 2.76 bits per heavy atom. The highest BCUT2D eigenvalue weighted by Gasteiger charge is 2.27. The minimum atomic E-state index is -0.897. The van der Waals surface area contributed by atoms with E-state index in [2.05, 4.69) is 46.7 Å². The standard InChI is InChI=1S/C20H21BrN6O2/c1-11(19(28)29)17(13-5-3-2-4-6-13)24-20-22-10-14(21)18(25-20)23-16-9-15(26-27-16)12-7-8-12/h2-6,9-12,17H,7-8H2,1H3,(H,28,29)(H3,22,23,24,25,26,27). The summed E-state index contributed by atoms with van der Waals surface area (Å²) in [6.07, 6.45) is 4.00. The first kappa shape index (κ1) is 19.4. The van der Waals surface area contributed by atoms with Gasteiger partial charge in [-0.05, 0) is 41.3 Å². The zero-order valence-electron chi connectivity index (χ0n) is 15.8. The van der Waals surface area contributed by atoms with Crippen LogP contribution in [0.3, 0.4) is 0 Å². The molecule has 29 heavy (non-hydrogen) atoms. The molecular weight excluding hydrogens is 436 g/mol. The minimum absolute atomic E-state index is 0.329. The Hall–Kier alpha value is -2.94. The molecular formula is C20H21BrN6O2. The van der Waals surface area contributed by atoms with Crippen molar-refractivity contribution in [2.75, 3.05) is 10.6 Å². The summed E-state index contributed by atoms with van der Waals surface area (Å²) in [6.45, 7) is 1.66. The molecule has 9 heteroatoms. The molecule has 2 aromatic heterocycles. The van der Waals surface area contributed by atoms with Crippen LogP contribution in [-0.4, -0.2) is 31.2 Å². The minimum Gasteiger partial charge on any atom is -0.481 e. The molecule has 2 heterocycles. The molecule has 0 aliphatic heterocycles. The molecule has 0 radical (unpaired) electrons. The summed E-state index contributed by atoms with van der Waals surface area (Å²) < 4.78 is 0.682. The van der Waals surface area contributed by atoms with Crippen molar-refractivity contribution in [3.8, 4) is 0 Å². The van der Waals surface area contributed by atoms with Gasteiger partial charge in [0.15, 0.2) is 11.6 Å². The number of carboxylic acid groups (broad SMARTS) is 1. The summed E-state index contributed by atoms with van der Waals surface area (Å²) in [5.41, 5.74) is 1.97. The summed E-state index contributed by atoms with van der Waals surface area (Å²) in [5.74, 6) is 0.560.